The average Bonchev–Trinajstić information content (AvgIpc) is 2.85. The molecule has 0 saturated heterocycles. The summed E-state index contributed by atoms with van der Waals surface area (Å²) in [7, 11) is 0. The Bertz CT molecular complexity index is 497. The second kappa shape index (κ2) is 4.21. The van der Waals surface area contributed by atoms with Gasteiger partial charge in [0.2, 0.25) is 0 Å². The highest BCUT2D eigenvalue weighted by atomic mass is 32.1. The van der Waals surface area contributed by atoms with E-state index < -0.39 is 0 Å². The van der Waals surface area contributed by atoms with Crippen molar-refractivity contribution in [3.63, 3.8) is 0 Å². The van der Waals surface area contributed by atoms with Crippen LogP contribution >= 0.6 is 11.3 Å². The molecule has 2 rings (SSSR count). The van der Waals surface area contributed by atoms with Gasteiger partial charge in [0.15, 0.2) is 5.82 Å². The third-order valence-electron chi connectivity index (χ3n) is 1.73. The van der Waals surface area contributed by atoms with Crippen LogP contribution in [0.1, 0.15) is 10.7 Å². The van der Waals surface area contributed by atoms with Gasteiger partial charge in [-0.25, -0.2) is 0 Å². The quantitative estimate of drug-likeness (QED) is 0.842. The Morgan fingerprint density at radius 1 is 1.53 bits per heavy atom. The smallest absolute Gasteiger partial charge is 0.268 e. The minimum atomic E-state index is -0.00708. The Morgan fingerprint density at radius 3 is 3.07 bits per heavy atom. The van der Waals surface area contributed by atoms with Crippen molar-refractivity contribution in [2.45, 2.75) is 6.42 Å². The molecule has 2 aromatic heterocycles. The number of thiophene rings is 1. The first kappa shape index (κ1) is 9.83. The highest BCUT2D eigenvalue weighted by Crippen LogP contribution is 2.25. The Hall–Kier alpha value is -1.71. The van der Waals surface area contributed by atoms with E-state index in [2.05, 4.69) is 10.1 Å². The summed E-state index contributed by atoms with van der Waals surface area (Å²) < 4.78 is 4.99. The molecule has 0 spiro atoms. The number of hydrogen-bond donors (Lipinski definition) is 1. The van der Waals surface area contributed by atoms with E-state index >= 15 is 0 Å². The number of aliphatic hydroxyl groups excluding tert-OH is 1. The minimum Gasteiger partial charge on any atom is -0.396 e. The second-order valence-electron chi connectivity index (χ2n) is 2.77. The van der Waals surface area contributed by atoms with Crippen molar-refractivity contribution in [3.8, 4) is 16.8 Å². The molecular weight excluding hydrogens is 214 g/mol. The van der Waals surface area contributed by atoms with Crippen LogP contribution in [-0.4, -0.2) is 21.9 Å². The number of aromatic nitrogens is 2. The van der Waals surface area contributed by atoms with Gasteiger partial charge < -0.3 is 9.63 Å². The van der Waals surface area contributed by atoms with E-state index in [-0.39, 0.29) is 6.61 Å². The van der Waals surface area contributed by atoms with Crippen molar-refractivity contribution in [1.29, 1.82) is 5.26 Å². The van der Waals surface area contributed by atoms with Crippen molar-refractivity contribution in [2.24, 2.45) is 0 Å². The maximum Gasteiger partial charge on any atom is 0.268 e. The van der Waals surface area contributed by atoms with Crippen molar-refractivity contribution in [2.75, 3.05) is 6.61 Å². The molecule has 0 fully saturated rings. The molecule has 0 saturated carbocycles. The number of rotatable bonds is 3. The predicted octanol–water partition coefficient (Wildman–Crippen LogP) is 1.20. The van der Waals surface area contributed by atoms with E-state index in [1.54, 1.807) is 12.1 Å². The summed E-state index contributed by atoms with van der Waals surface area (Å²) in [6.45, 7) is -0.00708. The van der Waals surface area contributed by atoms with Crippen LogP contribution in [0.2, 0.25) is 0 Å². The lowest BCUT2D eigenvalue weighted by Gasteiger charge is -1.84. The monoisotopic (exact) mass is 221 g/mol. The van der Waals surface area contributed by atoms with Crippen LogP contribution in [-0.2, 0) is 6.42 Å². The zero-order valence-corrected chi connectivity index (χ0v) is 8.49. The number of hydrogen-bond acceptors (Lipinski definition) is 6. The van der Waals surface area contributed by atoms with Gasteiger partial charge in [0.05, 0.1) is 11.5 Å². The topological polar surface area (TPSA) is 82.9 Å². The van der Waals surface area contributed by atoms with Gasteiger partial charge in [0.1, 0.15) is 10.9 Å². The molecule has 6 heteroatoms. The summed E-state index contributed by atoms with van der Waals surface area (Å²) in [4.78, 5) is 5.45. The van der Waals surface area contributed by atoms with Gasteiger partial charge in [-0.1, -0.05) is 5.16 Å². The fourth-order valence-corrected chi connectivity index (χ4v) is 1.79. The molecule has 76 valence electrons. The van der Waals surface area contributed by atoms with Crippen LogP contribution in [0.25, 0.3) is 10.8 Å². The van der Waals surface area contributed by atoms with Gasteiger partial charge in [-0.3, -0.25) is 0 Å². The standard InChI is InChI=1S/C9H7N3O2S/c10-5-6-1-2-7(15-6)9-11-8(3-4-13)12-14-9/h1-2,13H,3-4H2. The molecule has 0 aromatic carbocycles. The summed E-state index contributed by atoms with van der Waals surface area (Å²) in [5, 5.41) is 21.0. The molecule has 2 aromatic rings. The maximum atomic E-state index is 8.68. The van der Waals surface area contributed by atoms with Gasteiger partial charge in [-0.05, 0) is 12.1 Å². The van der Waals surface area contributed by atoms with E-state index in [1.807, 2.05) is 6.07 Å². The first-order valence-corrected chi connectivity index (χ1v) is 5.09. The summed E-state index contributed by atoms with van der Waals surface area (Å²) in [5.41, 5.74) is 0. The first-order chi connectivity index (χ1) is 7.33. The van der Waals surface area contributed by atoms with Crippen molar-refractivity contribution >= 4 is 11.3 Å². The second-order valence-corrected chi connectivity index (χ2v) is 3.85. The van der Waals surface area contributed by atoms with E-state index in [0.29, 0.717) is 23.0 Å². The molecule has 5 nitrogen and oxygen atoms in total. The molecule has 1 N–H and O–H groups in total. The number of nitrogens with zero attached hydrogens (tertiary/aromatic N) is 3. The summed E-state index contributed by atoms with van der Waals surface area (Å²) in [6, 6.07) is 5.51. The number of aliphatic hydroxyl groups is 1. The Labute approximate surface area is 89.6 Å². The van der Waals surface area contributed by atoms with Gasteiger partial charge in [-0.15, -0.1) is 11.3 Å². The molecule has 0 aliphatic carbocycles. The van der Waals surface area contributed by atoms with Crippen LogP contribution in [0.4, 0.5) is 0 Å². The Balaban J connectivity index is 2.25. The lowest BCUT2D eigenvalue weighted by atomic mass is 10.4. The average molecular weight is 221 g/mol. The normalized spacial score (nSPS) is 10.1. The van der Waals surface area contributed by atoms with Gasteiger partial charge in [-0.2, -0.15) is 10.2 Å². The van der Waals surface area contributed by atoms with Crippen molar-refractivity contribution < 1.29 is 9.63 Å². The summed E-state index contributed by atoms with van der Waals surface area (Å²) >= 11 is 1.30. The fourth-order valence-electron chi connectivity index (χ4n) is 1.07. The van der Waals surface area contributed by atoms with Crippen LogP contribution in [0.3, 0.4) is 0 Å². The molecule has 0 aliphatic rings. The zero-order chi connectivity index (χ0) is 10.7. The summed E-state index contributed by atoms with van der Waals surface area (Å²) in [6.07, 6.45) is 0.375. The molecule has 0 radical (unpaired) electrons. The molecule has 2 heterocycles. The molecular formula is C9H7N3O2S. The SMILES string of the molecule is N#Cc1ccc(-c2nc(CCO)no2)s1. The molecule has 0 amide bonds. The third kappa shape index (κ3) is 2.03. The minimum absolute atomic E-state index is 0.00708. The zero-order valence-electron chi connectivity index (χ0n) is 7.67. The van der Waals surface area contributed by atoms with Crippen LogP contribution in [0, 0.1) is 11.3 Å². The van der Waals surface area contributed by atoms with E-state index in [1.165, 1.54) is 11.3 Å². The van der Waals surface area contributed by atoms with E-state index in [0.717, 1.165) is 4.88 Å². The predicted molar refractivity (Wildman–Crippen MR) is 53.1 cm³/mol. The van der Waals surface area contributed by atoms with Gasteiger partial charge in [0, 0.05) is 6.42 Å². The third-order valence-corrected chi connectivity index (χ3v) is 2.71. The van der Waals surface area contributed by atoms with Gasteiger partial charge >= 0.3 is 0 Å². The molecule has 15 heavy (non-hydrogen) atoms. The van der Waals surface area contributed by atoms with Crippen molar-refractivity contribution in [1.82, 2.24) is 10.1 Å². The molecule has 0 unspecified atom stereocenters. The fraction of sp³-hybridized carbons (Fsp3) is 0.222. The number of nitriles is 1. The highest BCUT2D eigenvalue weighted by Gasteiger charge is 2.10. The highest BCUT2D eigenvalue weighted by molar-refractivity contribution is 7.15. The Morgan fingerprint density at radius 2 is 2.40 bits per heavy atom. The molecule has 0 aliphatic heterocycles. The Kier molecular flexibility index (Phi) is 2.76. The van der Waals surface area contributed by atoms with Crippen molar-refractivity contribution in [3.05, 3.63) is 22.8 Å². The van der Waals surface area contributed by atoms with Crippen LogP contribution in [0.15, 0.2) is 16.7 Å². The van der Waals surface area contributed by atoms with Gasteiger partial charge in [0.25, 0.3) is 5.89 Å². The van der Waals surface area contributed by atoms with E-state index in [9.17, 15) is 0 Å². The maximum absolute atomic E-state index is 8.68. The van der Waals surface area contributed by atoms with Crippen LogP contribution in [0.5, 0.6) is 0 Å². The lowest BCUT2D eigenvalue weighted by molar-refractivity contribution is 0.293. The lowest BCUT2D eigenvalue weighted by Crippen LogP contribution is -1.92. The van der Waals surface area contributed by atoms with Crippen LogP contribution < -0.4 is 0 Å². The molecule has 0 atom stereocenters. The first-order valence-electron chi connectivity index (χ1n) is 4.27. The summed E-state index contributed by atoms with van der Waals surface area (Å²) in [5.74, 6) is 0.865. The molecule has 0 bridgehead atoms. The van der Waals surface area contributed by atoms with E-state index in [4.69, 9.17) is 14.9 Å². The largest absolute Gasteiger partial charge is 0.396 e.